The zero-order valence-electron chi connectivity index (χ0n) is 9.45. The second kappa shape index (κ2) is 4.97. The van der Waals surface area contributed by atoms with Crippen LogP contribution in [0.4, 0.5) is 0 Å². The number of nitrogens with two attached hydrogens (primary N) is 1. The summed E-state index contributed by atoms with van der Waals surface area (Å²) in [5.41, 5.74) is 5.85. The normalized spacial score (nSPS) is 32.7. The summed E-state index contributed by atoms with van der Waals surface area (Å²) in [5.74, 6) is 0.614. The van der Waals surface area contributed by atoms with Gasteiger partial charge in [0.05, 0.1) is 0 Å². The molecule has 0 aromatic carbocycles. The molecular formula is C12H22N2O. The molecule has 1 saturated carbocycles. The minimum atomic E-state index is 0.234. The second-order valence-corrected chi connectivity index (χ2v) is 5.01. The molecule has 1 aliphatic carbocycles. The van der Waals surface area contributed by atoms with E-state index in [1.165, 1.54) is 25.7 Å². The fraction of sp³-hybridized carbons (Fsp3) is 0.917. The zero-order valence-corrected chi connectivity index (χ0v) is 9.45. The lowest BCUT2D eigenvalue weighted by Gasteiger charge is -2.23. The largest absolute Gasteiger partial charge is 0.342 e. The Bertz CT molecular complexity index is 222. The van der Waals surface area contributed by atoms with Gasteiger partial charge in [-0.2, -0.15) is 0 Å². The average molecular weight is 210 g/mol. The van der Waals surface area contributed by atoms with E-state index in [4.69, 9.17) is 5.73 Å². The maximum atomic E-state index is 12.2. The van der Waals surface area contributed by atoms with Crippen LogP contribution in [0.3, 0.4) is 0 Å². The Balaban J connectivity index is 1.88. The molecule has 2 N–H and O–H groups in total. The van der Waals surface area contributed by atoms with Crippen LogP contribution >= 0.6 is 0 Å². The lowest BCUT2D eigenvalue weighted by molar-refractivity contribution is -0.135. The van der Waals surface area contributed by atoms with Gasteiger partial charge in [0.1, 0.15) is 0 Å². The third-order valence-electron chi connectivity index (χ3n) is 3.74. The second-order valence-electron chi connectivity index (χ2n) is 5.01. The van der Waals surface area contributed by atoms with E-state index in [0.29, 0.717) is 5.91 Å². The van der Waals surface area contributed by atoms with Gasteiger partial charge in [-0.25, -0.2) is 0 Å². The molecule has 86 valence electrons. The molecule has 0 spiro atoms. The Labute approximate surface area is 92.0 Å². The first-order valence-electron chi connectivity index (χ1n) is 6.32. The van der Waals surface area contributed by atoms with Crippen LogP contribution in [0.1, 0.15) is 44.9 Å². The van der Waals surface area contributed by atoms with Crippen molar-refractivity contribution in [3.63, 3.8) is 0 Å². The van der Waals surface area contributed by atoms with Crippen molar-refractivity contribution in [3.8, 4) is 0 Å². The SMILES string of the molecule is NC1CCC(C(=O)N2CCCCCC2)C1. The molecule has 2 atom stereocenters. The first kappa shape index (κ1) is 10.9. The van der Waals surface area contributed by atoms with Crippen molar-refractivity contribution in [2.24, 2.45) is 11.7 Å². The Kier molecular flexibility index (Phi) is 3.62. The molecule has 2 unspecified atom stereocenters. The van der Waals surface area contributed by atoms with Crippen LogP contribution in [-0.4, -0.2) is 29.9 Å². The van der Waals surface area contributed by atoms with Crippen LogP contribution in [0.2, 0.25) is 0 Å². The summed E-state index contributed by atoms with van der Waals surface area (Å²) in [7, 11) is 0. The van der Waals surface area contributed by atoms with Gasteiger partial charge in [0.25, 0.3) is 0 Å². The summed E-state index contributed by atoms with van der Waals surface area (Å²) >= 11 is 0. The number of amides is 1. The lowest BCUT2D eigenvalue weighted by atomic mass is 10.1. The summed E-state index contributed by atoms with van der Waals surface area (Å²) in [6, 6.07) is 0.269. The highest BCUT2D eigenvalue weighted by atomic mass is 16.2. The van der Waals surface area contributed by atoms with Crippen LogP contribution in [0, 0.1) is 5.92 Å². The summed E-state index contributed by atoms with van der Waals surface area (Å²) in [5, 5.41) is 0. The highest BCUT2D eigenvalue weighted by molar-refractivity contribution is 5.79. The van der Waals surface area contributed by atoms with Crippen molar-refractivity contribution in [1.29, 1.82) is 0 Å². The predicted octanol–water partition coefficient (Wildman–Crippen LogP) is 1.52. The Morgan fingerprint density at radius 2 is 1.73 bits per heavy atom. The van der Waals surface area contributed by atoms with E-state index < -0.39 is 0 Å². The predicted molar refractivity (Wildman–Crippen MR) is 60.4 cm³/mol. The molecule has 2 rings (SSSR count). The van der Waals surface area contributed by atoms with Gasteiger partial charge in [-0.15, -0.1) is 0 Å². The monoisotopic (exact) mass is 210 g/mol. The van der Waals surface area contributed by atoms with Gasteiger partial charge in [-0.05, 0) is 32.1 Å². The van der Waals surface area contributed by atoms with Gasteiger partial charge in [-0.1, -0.05) is 12.8 Å². The first-order valence-corrected chi connectivity index (χ1v) is 6.32. The molecule has 0 aromatic heterocycles. The maximum Gasteiger partial charge on any atom is 0.225 e. The first-order chi connectivity index (χ1) is 7.27. The molecule has 3 nitrogen and oxygen atoms in total. The number of hydrogen-bond acceptors (Lipinski definition) is 2. The summed E-state index contributed by atoms with van der Waals surface area (Å²) in [6.45, 7) is 1.95. The molecule has 3 heteroatoms. The Hall–Kier alpha value is -0.570. The fourth-order valence-electron chi connectivity index (χ4n) is 2.79. The van der Waals surface area contributed by atoms with Crippen LogP contribution in [0.25, 0.3) is 0 Å². The van der Waals surface area contributed by atoms with E-state index in [1.54, 1.807) is 0 Å². The van der Waals surface area contributed by atoms with Crippen LogP contribution in [0.15, 0.2) is 0 Å². The highest BCUT2D eigenvalue weighted by Crippen LogP contribution is 2.26. The molecule has 2 aliphatic rings. The van der Waals surface area contributed by atoms with Crippen molar-refractivity contribution in [3.05, 3.63) is 0 Å². The van der Waals surface area contributed by atoms with Gasteiger partial charge in [0.2, 0.25) is 5.91 Å². The quantitative estimate of drug-likeness (QED) is 0.713. The highest BCUT2D eigenvalue weighted by Gasteiger charge is 2.30. The van der Waals surface area contributed by atoms with Gasteiger partial charge >= 0.3 is 0 Å². The van der Waals surface area contributed by atoms with Gasteiger partial charge < -0.3 is 10.6 Å². The molecule has 1 amide bonds. The summed E-state index contributed by atoms with van der Waals surface area (Å²) < 4.78 is 0. The minimum Gasteiger partial charge on any atom is -0.342 e. The fourth-order valence-corrected chi connectivity index (χ4v) is 2.79. The Morgan fingerprint density at radius 1 is 1.07 bits per heavy atom. The minimum absolute atomic E-state index is 0.234. The van der Waals surface area contributed by atoms with Crippen molar-refractivity contribution in [2.45, 2.75) is 51.0 Å². The van der Waals surface area contributed by atoms with Crippen LogP contribution in [-0.2, 0) is 4.79 Å². The topological polar surface area (TPSA) is 46.3 Å². The molecular weight excluding hydrogens is 188 g/mol. The summed E-state index contributed by atoms with van der Waals surface area (Å²) in [6.07, 6.45) is 7.90. The number of nitrogens with zero attached hydrogens (tertiary/aromatic N) is 1. The molecule has 1 aliphatic heterocycles. The molecule has 1 saturated heterocycles. The number of likely N-dealkylation sites (tertiary alicyclic amines) is 1. The molecule has 1 heterocycles. The third-order valence-corrected chi connectivity index (χ3v) is 3.74. The lowest BCUT2D eigenvalue weighted by Crippen LogP contribution is -2.36. The van der Waals surface area contributed by atoms with Gasteiger partial charge in [0.15, 0.2) is 0 Å². The molecule has 0 aromatic rings. The van der Waals surface area contributed by atoms with Gasteiger partial charge in [-0.3, -0.25) is 4.79 Å². The van der Waals surface area contributed by atoms with E-state index >= 15 is 0 Å². The van der Waals surface area contributed by atoms with Crippen molar-refractivity contribution < 1.29 is 4.79 Å². The van der Waals surface area contributed by atoms with E-state index in [-0.39, 0.29) is 12.0 Å². The van der Waals surface area contributed by atoms with Crippen LogP contribution in [0.5, 0.6) is 0 Å². The van der Waals surface area contributed by atoms with E-state index in [0.717, 1.165) is 32.4 Å². The molecule has 2 fully saturated rings. The summed E-state index contributed by atoms with van der Waals surface area (Å²) in [4.78, 5) is 14.2. The average Bonchev–Trinajstić information content (AvgIpc) is 2.53. The van der Waals surface area contributed by atoms with Crippen molar-refractivity contribution >= 4 is 5.91 Å². The smallest absolute Gasteiger partial charge is 0.225 e. The number of carbonyl (C=O) groups excluding carboxylic acids is 1. The molecule has 15 heavy (non-hydrogen) atoms. The number of carbonyl (C=O) groups is 1. The molecule has 0 bridgehead atoms. The molecule has 0 radical (unpaired) electrons. The zero-order chi connectivity index (χ0) is 10.7. The van der Waals surface area contributed by atoms with Gasteiger partial charge in [0, 0.05) is 25.0 Å². The number of rotatable bonds is 1. The number of hydrogen-bond donors (Lipinski definition) is 1. The Morgan fingerprint density at radius 3 is 2.27 bits per heavy atom. The standard InChI is InChI=1S/C12H22N2O/c13-11-6-5-10(9-11)12(15)14-7-3-1-2-4-8-14/h10-11H,1-9,13H2. The van der Waals surface area contributed by atoms with Crippen LogP contribution < -0.4 is 5.73 Å². The van der Waals surface area contributed by atoms with E-state index in [2.05, 4.69) is 4.90 Å². The maximum absolute atomic E-state index is 12.2. The van der Waals surface area contributed by atoms with E-state index in [1.807, 2.05) is 0 Å². The third kappa shape index (κ3) is 2.71. The van der Waals surface area contributed by atoms with E-state index in [9.17, 15) is 4.79 Å². The van der Waals surface area contributed by atoms with Crippen molar-refractivity contribution in [1.82, 2.24) is 4.90 Å². The van der Waals surface area contributed by atoms with Crippen molar-refractivity contribution in [2.75, 3.05) is 13.1 Å².